The van der Waals surface area contributed by atoms with Gasteiger partial charge in [0.1, 0.15) is 5.75 Å². The molecule has 1 aromatic carbocycles. The molecule has 16 heavy (non-hydrogen) atoms. The first-order valence-electron chi connectivity index (χ1n) is 5.08. The molecule has 0 aliphatic carbocycles. The van der Waals surface area contributed by atoms with Crippen LogP contribution in [-0.2, 0) is 6.42 Å². The number of alkyl halides is 2. The van der Waals surface area contributed by atoms with E-state index in [4.69, 9.17) is 10.5 Å². The second-order valence-corrected chi connectivity index (χ2v) is 4.23. The molecule has 0 heterocycles. The predicted octanol–water partition coefficient (Wildman–Crippen LogP) is 2.53. The van der Waals surface area contributed by atoms with Gasteiger partial charge in [-0.25, -0.2) is 8.78 Å². The molecule has 0 aliphatic rings. The number of ether oxygens (including phenoxy) is 1. The van der Waals surface area contributed by atoms with Crippen molar-refractivity contribution in [1.29, 1.82) is 0 Å². The molecule has 90 valence electrons. The summed E-state index contributed by atoms with van der Waals surface area (Å²) in [5, 5.41) is 0. The van der Waals surface area contributed by atoms with Gasteiger partial charge < -0.3 is 10.5 Å². The zero-order valence-corrected chi connectivity index (χ0v) is 9.76. The van der Waals surface area contributed by atoms with Crippen LogP contribution < -0.4 is 10.5 Å². The van der Waals surface area contributed by atoms with Crippen LogP contribution in [0.2, 0.25) is 0 Å². The standard InChI is InChI=1S/C12H17F2NO/c1-8-9(5-4-6-10(8)16-3)7-12(2,15)11(13)14/h4-6,11H,7,15H2,1-3H3. The third kappa shape index (κ3) is 2.70. The highest BCUT2D eigenvalue weighted by atomic mass is 19.3. The van der Waals surface area contributed by atoms with Crippen molar-refractivity contribution in [2.75, 3.05) is 7.11 Å². The Morgan fingerprint density at radius 2 is 2.06 bits per heavy atom. The molecule has 0 bridgehead atoms. The van der Waals surface area contributed by atoms with Crippen LogP contribution in [0.4, 0.5) is 8.78 Å². The lowest BCUT2D eigenvalue weighted by atomic mass is 9.91. The Hall–Kier alpha value is -1.16. The Kier molecular flexibility index (Phi) is 3.86. The zero-order chi connectivity index (χ0) is 12.3. The van der Waals surface area contributed by atoms with Crippen LogP contribution in [0.25, 0.3) is 0 Å². The quantitative estimate of drug-likeness (QED) is 0.861. The monoisotopic (exact) mass is 229 g/mol. The molecule has 1 aromatic rings. The smallest absolute Gasteiger partial charge is 0.256 e. The van der Waals surface area contributed by atoms with Crippen LogP contribution in [0.3, 0.4) is 0 Å². The molecule has 1 atom stereocenters. The van der Waals surface area contributed by atoms with E-state index in [-0.39, 0.29) is 6.42 Å². The van der Waals surface area contributed by atoms with Gasteiger partial charge in [-0.05, 0) is 37.5 Å². The number of methoxy groups -OCH3 is 1. The van der Waals surface area contributed by atoms with Crippen molar-refractivity contribution in [2.24, 2.45) is 5.73 Å². The lowest BCUT2D eigenvalue weighted by Gasteiger charge is -2.24. The molecule has 1 rings (SSSR count). The van der Waals surface area contributed by atoms with Crippen molar-refractivity contribution in [2.45, 2.75) is 32.2 Å². The van der Waals surface area contributed by atoms with Crippen LogP contribution in [0.1, 0.15) is 18.1 Å². The summed E-state index contributed by atoms with van der Waals surface area (Å²) in [4.78, 5) is 0. The molecular formula is C12H17F2NO. The second-order valence-electron chi connectivity index (χ2n) is 4.23. The summed E-state index contributed by atoms with van der Waals surface area (Å²) in [7, 11) is 1.56. The van der Waals surface area contributed by atoms with Gasteiger partial charge in [-0.15, -0.1) is 0 Å². The molecule has 0 spiro atoms. The third-order valence-electron chi connectivity index (χ3n) is 2.69. The van der Waals surface area contributed by atoms with Gasteiger partial charge >= 0.3 is 0 Å². The molecule has 0 aromatic heterocycles. The Morgan fingerprint density at radius 1 is 1.44 bits per heavy atom. The lowest BCUT2D eigenvalue weighted by molar-refractivity contribution is 0.0638. The van der Waals surface area contributed by atoms with Crippen LogP contribution in [0.5, 0.6) is 5.75 Å². The van der Waals surface area contributed by atoms with Crippen molar-refractivity contribution in [3.05, 3.63) is 29.3 Å². The van der Waals surface area contributed by atoms with E-state index in [2.05, 4.69) is 0 Å². The maximum Gasteiger partial charge on any atom is 0.256 e. The summed E-state index contributed by atoms with van der Waals surface area (Å²) in [5.41, 5.74) is 5.72. The van der Waals surface area contributed by atoms with Crippen LogP contribution in [-0.4, -0.2) is 19.1 Å². The summed E-state index contributed by atoms with van der Waals surface area (Å²) in [6.45, 7) is 3.20. The lowest BCUT2D eigenvalue weighted by Crippen LogP contribution is -2.46. The molecule has 0 amide bonds. The Labute approximate surface area is 94.4 Å². The van der Waals surface area contributed by atoms with Crippen LogP contribution in [0.15, 0.2) is 18.2 Å². The first kappa shape index (κ1) is 12.9. The number of hydrogen-bond acceptors (Lipinski definition) is 2. The molecule has 2 nitrogen and oxygen atoms in total. The SMILES string of the molecule is COc1cccc(CC(C)(N)C(F)F)c1C. The van der Waals surface area contributed by atoms with E-state index in [1.165, 1.54) is 6.92 Å². The minimum absolute atomic E-state index is 0.133. The fourth-order valence-electron chi connectivity index (χ4n) is 1.56. The van der Waals surface area contributed by atoms with Crippen LogP contribution >= 0.6 is 0 Å². The molecule has 1 unspecified atom stereocenters. The van der Waals surface area contributed by atoms with Crippen molar-refractivity contribution in [3.8, 4) is 5.75 Å². The molecule has 0 radical (unpaired) electrons. The van der Waals surface area contributed by atoms with E-state index < -0.39 is 12.0 Å². The number of rotatable bonds is 4. The largest absolute Gasteiger partial charge is 0.496 e. The highest BCUT2D eigenvalue weighted by Crippen LogP contribution is 2.25. The van der Waals surface area contributed by atoms with E-state index in [0.29, 0.717) is 5.75 Å². The van der Waals surface area contributed by atoms with E-state index >= 15 is 0 Å². The Bertz CT molecular complexity index is 364. The molecule has 2 N–H and O–H groups in total. The molecule has 0 saturated carbocycles. The first-order chi connectivity index (χ1) is 7.38. The summed E-state index contributed by atoms with van der Waals surface area (Å²) < 4.78 is 30.4. The number of nitrogens with two attached hydrogens (primary N) is 1. The molecule has 4 heteroatoms. The summed E-state index contributed by atoms with van der Waals surface area (Å²) in [6, 6.07) is 5.38. The average molecular weight is 229 g/mol. The normalized spacial score (nSPS) is 14.9. The van der Waals surface area contributed by atoms with E-state index in [0.717, 1.165) is 11.1 Å². The Balaban J connectivity index is 2.98. The van der Waals surface area contributed by atoms with E-state index in [9.17, 15) is 8.78 Å². The highest BCUT2D eigenvalue weighted by Gasteiger charge is 2.31. The summed E-state index contributed by atoms with van der Waals surface area (Å²) in [6.07, 6.45) is -2.41. The van der Waals surface area contributed by atoms with E-state index in [1.54, 1.807) is 25.3 Å². The van der Waals surface area contributed by atoms with Crippen LogP contribution in [0, 0.1) is 6.92 Å². The first-order valence-corrected chi connectivity index (χ1v) is 5.08. The molecule has 0 fully saturated rings. The van der Waals surface area contributed by atoms with Crippen molar-refractivity contribution in [3.63, 3.8) is 0 Å². The van der Waals surface area contributed by atoms with Crippen molar-refractivity contribution < 1.29 is 13.5 Å². The molecule has 0 aliphatic heterocycles. The fraction of sp³-hybridized carbons (Fsp3) is 0.500. The maximum atomic E-state index is 12.7. The van der Waals surface area contributed by atoms with Gasteiger partial charge in [-0.2, -0.15) is 0 Å². The number of hydrogen-bond donors (Lipinski definition) is 1. The Morgan fingerprint density at radius 3 is 2.56 bits per heavy atom. The van der Waals surface area contributed by atoms with Crippen molar-refractivity contribution >= 4 is 0 Å². The zero-order valence-electron chi connectivity index (χ0n) is 9.76. The van der Waals surface area contributed by atoms with Gasteiger partial charge in [0.15, 0.2) is 0 Å². The highest BCUT2D eigenvalue weighted by molar-refractivity contribution is 5.39. The summed E-state index contributed by atoms with van der Waals surface area (Å²) in [5.74, 6) is 0.697. The fourth-order valence-corrected chi connectivity index (χ4v) is 1.56. The molecule has 0 saturated heterocycles. The maximum absolute atomic E-state index is 12.7. The average Bonchev–Trinajstić information content (AvgIpc) is 2.20. The summed E-state index contributed by atoms with van der Waals surface area (Å²) >= 11 is 0. The molecular weight excluding hydrogens is 212 g/mol. The minimum atomic E-state index is -2.54. The van der Waals surface area contributed by atoms with Gasteiger partial charge in [0.2, 0.25) is 0 Å². The van der Waals surface area contributed by atoms with Gasteiger partial charge in [-0.1, -0.05) is 12.1 Å². The van der Waals surface area contributed by atoms with Gasteiger partial charge in [0, 0.05) is 0 Å². The van der Waals surface area contributed by atoms with Gasteiger partial charge in [0.05, 0.1) is 12.6 Å². The number of halogens is 2. The topological polar surface area (TPSA) is 35.2 Å². The van der Waals surface area contributed by atoms with Gasteiger partial charge in [-0.3, -0.25) is 0 Å². The van der Waals surface area contributed by atoms with Crippen molar-refractivity contribution in [1.82, 2.24) is 0 Å². The van der Waals surface area contributed by atoms with Gasteiger partial charge in [0.25, 0.3) is 6.43 Å². The van der Waals surface area contributed by atoms with E-state index in [1.807, 2.05) is 6.92 Å². The number of benzene rings is 1. The minimum Gasteiger partial charge on any atom is -0.496 e. The second kappa shape index (κ2) is 4.78. The predicted molar refractivity (Wildman–Crippen MR) is 60.0 cm³/mol. The third-order valence-corrected chi connectivity index (χ3v) is 2.69.